The van der Waals surface area contributed by atoms with Crippen molar-refractivity contribution in [2.24, 2.45) is 4.99 Å². The van der Waals surface area contributed by atoms with Crippen molar-refractivity contribution in [2.45, 2.75) is 38.6 Å². The second-order valence-electron chi connectivity index (χ2n) is 6.62. The van der Waals surface area contributed by atoms with E-state index >= 15 is 0 Å². The molecule has 1 heterocycles. The van der Waals surface area contributed by atoms with Crippen LogP contribution in [0.3, 0.4) is 0 Å². The van der Waals surface area contributed by atoms with Crippen LogP contribution < -0.4 is 15.4 Å². The van der Waals surface area contributed by atoms with Gasteiger partial charge in [-0.2, -0.15) is 0 Å². The first-order chi connectivity index (χ1) is 13.2. The van der Waals surface area contributed by atoms with Gasteiger partial charge in [-0.05, 0) is 43.4 Å². The first kappa shape index (κ1) is 20.9. The number of carbonyl (C=O) groups is 1. The number of nitrogens with one attached hydrogen (secondary N) is 2. The molecule has 1 aromatic rings. The molecule has 1 aromatic carbocycles. The third-order valence-corrected chi connectivity index (χ3v) is 4.57. The van der Waals surface area contributed by atoms with Crippen molar-refractivity contribution < 1.29 is 14.3 Å². The smallest absolute Gasteiger partial charge is 0.409 e. The van der Waals surface area contributed by atoms with E-state index in [-0.39, 0.29) is 6.09 Å². The fourth-order valence-corrected chi connectivity index (χ4v) is 3.06. The summed E-state index contributed by atoms with van der Waals surface area (Å²) in [5.74, 6) is 1.72. The zero-order valence-electron chi connectivity index (χ0n) is 16.7. The van der Waals surface area contributed by atoms with Crippen LogP contribution in [-0.4, -0.2) is 63.4 Å². The second-order valence-corrected chi connectivity index (χ2v) is 6.62. The third-order valence-electron chi connectivity index (χ3n) is 4.57. The number of nitrogens with zero attached hydrogens (tertiary/aromatic N) is 2. The number of piperidine rings is 1. The van der Waals surface area contributed by atoms with Gasteiger partial charge in [0.15, 0.2) is 5.96 Å². The third kappa shape index (κ3) is 7.00. The summed E-state index contributed by atoms with van der Waals surface area (Å²) in [5, 5.41) is 6.81. The molecule has 1 aliphatic rings. The summed E-state index contributed by atoms with van der Waals surface area (Å²) in [7, 11) is 3.20. The Kier molecular flexibility index (Phi) is 8.74. The van der Waals surface area contributed by atoms with Crippen molar-refractivity contribution >= 4 is 12.1 Å². The van der Waals surface area contributed by atoms with Crippen LogP contribution in [-0.2, 0) is 11.2 Å². The van der Waals surface area contributed by atoms with Crippen molar-refractivity contribution in [2.75, 3.05) is 40.4 Å². The molecule has 0 aliphatic carbocycles. The van der Waals surface area contributed by atoms with Crippen molar-refractivity contribution in [3.63, 3.8) is 0 Å². The average Bonchev–Trinajstić information content (AvgIpc) is 2.71. The quantitative estimate of drug-likeness (QED) is 0.565. The number of guanidine groups is 1. The molecule has 1 saturated heterocycles. The summed E-state index contributed by atoms with van der Waals surface area (Å²) < 4.78 is 10.5. The van der Waals surface area contributed by atoms with E-state index in [0.717, 1.165) is 50.5 Å². The van der Waals surface area contributed by atoms with Crippen LogP contribution in [0.4, 0.5) is 4.79 Å². The molecule has 0 bridgehead atoms. The molecule has 0 atom stereocenters. The monoisotopic (exact) mass is 376 g/mol. The zero-order valence-corrected chi connectivity index (χ0v) is 16.7. The molecule has 0 saturated carbocycles. The molecule has 27 heavy (non-hydrogen) atoms. The van der Waals surface area contributed by atoms with Crippen molar-refractivity contribution in [1.29, 1.82) is 0 Å². The lowest BCUT2D eigenvalue weighted by Crippen LogP contribution is -2.50. The average molecular weight is 377 g/mol. The normalized spacial score (nSPS) is 15.4. The molecule has 1 aliphatic heterocycles. The van der Waals surface area contributed by atoms with Gasteiger partial charge < -0.3 is 25.0 Å². The van der Waals surface area contributed by atoms with E-state index in [1.165, 1.54) is 12.7 Å². The topological polar surface area (TPSA) is 75.2 Å². The predicted octanol–water partition coefficient (Wildman–Crippen LogP) is 2.41. The van der Waals surface area contributed by atoms with Crippen LogP contribution in [0.5, 0.6) is 5.75 Å². The fraction of sp³-hybridized carbons (Fsp3) is 0.600. The van der Waals surface area contributed by atoms with Crippen molar-refractivity contribution in [3.05, 3.63) is 29.8 Å². The molecule has 1 fully saturated rings. The molecular weight excluding hydrogens is 344 g/mol. The minimum absolute atomic E-state index is 0.249. The predicted molar refractivity (Wildman–Crippen MR) is 107 cm³/mol. The number of methoxy groups -OCH3 is 1. The number of hydrogen-bond donors (Lipinski definition) is 2. The second kappa shape index (κ2) is 11.3. The molecule has 2 N–H and O–H groups in total. The Balaban J connectivity index is 1.72. The zero-order chi connectivity index (χ0) is 19.5. The van der Waals surface area contributed by atoms with Crippen LogP contribution in [0.1, 0.15) is 31.7 Å². The number of carbonyl (C=O) groups excluding carboxylic acids is 1. The summed E-state index contributed by atoms with van der Waals surface area (Å²) in [4.78, 5) is 17.6. The maximum atomic E-state index is 11.5. The van der Waals surface area contributed by atoms with E-state index in [2.05, 4.69) is 34.7 Å². The standard InChI is InChI=1S/C20H32N4O3/c1-4-14-27-18-7-5-6-16(15-18)8-11-22-19(21-2)23-17-9-12-24(13-10-17)20(25)26-3/h5-7,15,17H,4,8-14H2,1-3H3,(H2,21,22,23). The minimum atomic E-state index is -0.249. The van der Waals surface area contributed by atoms with Gasteiger partial charge in [0.05, 0.1) is 13.7 Å². The van der Waals surface area contributed by atoms with E-state index in [1.807, 2.05) is 12.1 Å². The van der Waals surface area contributed by atoms with Crippen LogP contribution in [0, 0.1) is 0 Å². The minimum Gasteiger partial charge on any atom is -0.494 e. The number of rotatable bonds is 7. The van der Waals surface area contributed by atoms with Gasteiger partial charge in [0.1, 0.15) is 5.75 Å². The number of ether oxygens (including phenoxy) is 2. The van der Waals surface area contributed by atoms with Gasteiger partial charge in [-0.25, -0.2) is 4.79 Å². The van der Waals surface area contributed by atoms with E-state index in [1.54, 1.807) is 11.9 Å². The van der Waals surface area contributed by atoms with E-state index < -0.39 is 0 Å². The van der Waals surface area contributed by atoms with Gasteiger partial charge >= 0.3 is 6.09 Å². The first-order valence-electron chi connectivity index (χ1n) is 9.68. The van der Waals surface area contributed by atoms with Gasteiger partial charge in [-0.1, -0.05) is 19.1 Å². The Morgan fingerprint density at radius 3 is 2.78 bits per heavy atom. The summed E-state index contributed by atoms with van der Waals surface area (Å²) in [6.45, 7) is 5.04. The Labute approximate surface area is 162 Å². The Morgan fingerprint density at radius 1 is 1.33 bits per heavy atom. The summed E-state index contributed by atoms with van der Waals surface area (Å²) in [5.41, 5.74) is 1.23. The largest absolute Gasteiger partial charge is 0.494 e. The summed E-state index contributed by atoms with van der Waals surface area (Å²) >= 11 is 0. The van der Waals surface area contributed by atoms with Crippen molar-refractivity contribution in [1.82, 2.24) is 15.5 Å². The maximum absolute atomic E-state index is 11.5. The molecule has 0 unspecified atom stereocenters. The highest BCUT2D eigenvalue weighted by molar-refractivity contribution is 5.80. The van der Waals surface area contributed by atoms with Gasteiger partial charge in [0, 0.05) is 32.7 Å². The molecule has 0 aromatic heterocycles. The lowest BCUT2D eigenvalue weighted by Gasteiger charge is -2.32. The highest BCUT2D eigenvalue weighted by Crippen LogP contribution is 2.14. The SMILES string of the molecule is CCCOc1cccc(CCNC(=NC)NC2CCN(C(=O)OC)CC2)c1. The van der Waals surface area contributed by atoms with Gasteiger partial charge in [-0.15, -0.1) is 0 Å². The Morgan fingerprint density at radius 2 is 2.11 bits per heavy atom. The first-order valence-corrected chi connectivity index (χ1v) is 9.68. The molecule has 0 radical (unpaired) electrons. The molecule has 2 rings (SSSR count). The summed E-state index contributed by atoms with van der Waals surface area (Å²) in [6.07, 6.45) is 3.41. The lowest BCUT2D eigenvalue weighted by atomic mass is 10.1. The maximum Gasteiger partial charge on any atom is 0.409 e. The van der Waals surface area contributed by atoms with Gasteiger partial charge in [0.25, 0.3) is 0 Å². The number of likely N-dealkylation sites (tertiary alicyclic amines) is 1. The Hall–Kier alpha value is -2.44. The number of aliphatic imine (C=N–C) groups is 1. The van der Waals surface area contributed by atoms with Gasteiger partial charge in [0.2, 0.25) is 0 Å². The molecule has 150 valence electrons. The number of hydrogen-bond acceptors (Lipinski definition) is 4. The number of benzene rings is 1. The van der Waals surface area contributed by atoms with Crippen LogP contribution in [0.2, 0.25) is 0 Å². The Bertz CT molecular complexity index is 613. The van der Waals surface area contributed by atoms with Crippen molar-refractivity contribution in [3.8, 4) is 5.75 Å². The molecule has 7 heteroatoms. The highest BCUT2D eigenvalue weighted by atomic mass is 16.5. The molecular formula is C20H32N4O3. The number of amides is 1. The molecule has 7 nitrogen and oxygen atoms in total. The van der Waals surface area contributed by atoms with Gasteiger partial charge in [-0.3, -0.25) is 4.99 Å². The molecule has 0 spiro atoms. The highest BCUT2D eigenvalue weighted by Gasteiger charge is 2.23. The molecule has 1 amide bonds. The lowest BCUT2D eigenvalue weighted by molar-refractivity contribution is 0.111. The van der Waals surface area contributed by atoms with E-state index in [4.69, 9.17) is 9.47 Å². The van der Waals surface area contributed by atoms with E-state index in [9.17, 15) is 4.79 Å². The summed E-state index contributed by atoms with van der Waals surface area (Å²) in [6, 6.07) is 8.54. The van der Waals surface area contributed by atoms with E-state index in [0.29, 0.717) is 19.1 Å². The van der Waals surface area contributed by atoms with Crippen LogP contribution >= 0.6 is 0 Å². The van der Waals surface area contributed by atoms with Crippen LogP contribution in [0.15, 0.2) is 29.3 Å². The van der Waals surface area contributed by atoms with Crippen LogP contribution in [0.25, 0.3) is 0 Å². The fourth-order valence-electron chi connectivity index (χ4n) is 3.06.